The minimum absolute atomic E-state index is 0.362. The summed E-state index contributed by atoms with van der Waals surface area (Å²) in [5.74, 6) is 2.03. The van der Waals surface area contributed by atoms with Gasteiger partial charge in [-0.15, -0.1) is 0 Å². The van der Waals surface area contributed by atoms with E-state index in [0.717, 1.165) is 19.6 Å². The molecule has 0 radical (unpaired) electrons. The van der Waals surface area contributed by atoms with E-state index in [9.17, 15) is 4.79 Å². The van der Waals surface area contributed by atoms with Crippen molar-refractivity contribution in [2.24, 2.45) is 0 Å². The standard InChI is InChI=1S/C27H30Cl2N6O4/c1-4-27(36)34-21-12-20(23(38-3)14-24(21)39-10-9-35-7-5-6-8-35)33-26-15-25(30-16-31-26)32-19-13-22(37-2)18(29)11-17(19)28/h4,11-16H,1,5-10H2,2-3H3,(H,34,36)(H2,30,31,32,33). The quantitative estimate of drug-likeness (QED) is 0.229. The fraction of sp³-hybridized carbons (Fsp3) is 0.296. The average molecular weight is 573 g/mol. The van der Waals surface area contributed by atoms with Crippen LogP contribution in [0, 0.1) is 0 Å². The highest BCUT2D eigenvalue weighted by molar-refractivity contribution is 6.37. The number of methoxy groups -OCH3 is 2. The second-order valence-corrected chi connectivity index (χ2v) is 9.46. The first-order valence-electron chi connectivity index (χ1n) is 12.3. The second kappa shape index (κ2) is 13.4. The van der Waals surface area contributed by atoms with Gasteiger partial charge >= 0.3 is 0 Å². The van der Waals surface area contributed by atoms with E-state index in [-0.39, 0.29) is 5.91 Å². The minimum atomic E-state index is -0.362. The van der Waals surface area contributed by atoms with Crippen LogP contribution in [0.5, 0.6) is 17.2 Å². The Labute approximate surface area is 237 Å². The van der Waals surface area contributed by atoms with Gasteiger partial charge in [-0.2, -0.15) is 0 Å². The van der Waals surface area contributed by atoms with Crippen molar-refractivity contribution in [3.8, 4) is 17.2 Å². The minimum Gasteiger partial charge on any atom is -0.495 e. The summed E-state index contributed by atoms with van der Waals surface area (Å²) >= 11 is 12.5. The van der Waals surface area contributed by atoms with Crippen LogP contribution in [0.3, 0.4) is 0 Å². The van der Waals surface area contributed by atoms with Crippen LogP contribution in [-0.2, 0) is 4.79 Å². The lowest BCUT2D eigenvalue weighted by molar-refractivity contribution is -0.111. The molecule has 10 nitrogen and oxygen atoms in total. The highest BCUT2D eigenvalue weighted by Crippen LogP contribution is 2.39. The molecule has 1 aromatic heterocycles. The molecule has 2 heterocycles. The number of halogens is 2. The van der Waals surface area contributed by atoms with E-state index in [1.54, 1.807) is 37.4 Å². The maximum atomic E-state index is 12.2. The Morgan fingerprint density at radius 2 is 1.62 bits per heavy atom. The van der Waals surface area contributed by atoms with E-state index >= 15 is 0 Å². The lowest BCUT2D eigenvalue weighted by atomic mass is 10.2. The third kappa shape index (κ3) is 7.44. The third-order valence-corrected chi connectivity index (χ3v) is 6.65. The average Bonchev–Trinajstić information content (AvgIpc) is 3.45. The van der Waals surface area contributed by atoms with E-state index in [1.165, 1.54) is 32.4 Å². The van der Waals surface area contributed by atoms with E-state index in [4.69, 9.17) is 37.4 Å². The Morgan fingerprint density at radius 3 is 2.28 bits per heavy atom. The van der Waals surface area contributed by atoms with Crippen molar-refractivity contribution in [2.45, 2.75) is 12.8 Å². The Balaban J connectivity index is 1.56. The van der Waals surface area contributed by atoms with Crippen LogP contribution in [0.25, 0.3) is 0 Å². The molecule has 0 spiro atoms. The zero-order valence-electron chi connectivity index (χ0n) is 21.7. The van der Waals surface area contributed by atoms with Crippen molar-refractivity contribution < 1.29 is 19.0 Å². The third-order valence-electron chi connectivity index (χ3n) is 6.04. The molecule has 2 aromatic carbocycles. The molecular formula is C27H30Cl2N6O4. The molecule has 4 rings (SSSR count). The van der Waals surface area contributed by atoms with Crippen LogP contribution < -0.4 is 30.2 Å². The molecule has 0 aliphatic carbocycles. The molecule has 1 amide bonds. The lowest BCUT2D eigenvalue weighted by Crippen LogP contribution is -2.25. The van der Waals surface area contributed by atoms with Crippen molar-refractivity contribution in [3.63, 3.8) is 0 Å². The summed E-state index contributed by atoms with van der Waals surface area (Å²) in [6.45, 7) is 6.97. The highest BCUT2D eigenvalue weighted by Gasteiger charge is 2.16. The first-order chi connectivity index (χ1) is 18.9. The number of rotatable bonds is 12. The fourth-order valence-electron chi connectivity index (χ4n) is 4.07. The van der Waals surface area contributed by atoms with Crippen molar-refractivity contribution >= 4 is 57.8 Å². The van der Waals surface area contributed by atoms with Gasteiger partial charge < -0.3 is 30.2 Å². The number of anilines is 5. The normalized spacial score (nSPS) is 13.0. The number of nitrogens with one attached hydrogen (secondary N) is 3. The van der Waals surface area contributed by atoms with Crippen molar-refractivity contribution in [3.05, 3.63) is 59.4 Å². The summed E-state index contributed by atoms with van der Waals surface area (Å²) < 4.78 is 16.9. The summed E-state index contributed by atoms with van der Waals surface area (Å²) in [6, 6.07) is 8.41. The maximum absolute atomic E-state index is 12.2. The Hall–Kier alpha value is -3.73. The van der Waals surface area contributed by atoms with Crippen LogP contribution in [0.15, 0.2) is 49.3 Å². The molecule has 12 heteroatoms. The van der Waals surface area contributed by atoms with E-state index in [1.807, 2.05) is 0 Å². The van der Waals surface area contributed by atoms with Gasteiger partial charge in [-0.1, -0.05) is 29.8 Å². The molecule has 1 aliphatic rings. The lowest BCUT2D eigenvalue weighted by Gasteiger charge is -2.19. The SMILES string of the molecule is C=CC(=O)Nc1cc(Nc2cc(Nc3cc(OC)c(Cl)cc3Cl)ncn2)c(OC)cc1OCCN1CCCC1. The van der Waals surface area contributed by atoms with Gasteiger partial charge in [0.1, 0.15) is 41.8 Å². The van der Waals surface area contributed by atoms with Gasteiger partial charge in [-0.3, -0.25) is 9.69 Å². The number of carbonyl (C=O) groups excluding carboxylic acids is 1. The molecule has 39 heavy (non-hydrogen) atoms. The first-order valence-corrected chi connectivity index (χ1v) is 13.1. The Morgan fingerprint density at radius 1 is 0.923 bits per heavy atom. The van der Waals surface area contributed by atoms with Crippen molar-refractivity contribution in [1.29, 1.82) is 0 Å². The maximum Gasteiger partial charge on any atom is 0.247 e. The predicted octanol–water partition coefficient (Wildman–Crippen LogP) is 5.89. The Kier molecular flexibility index (Phi) is 9.69. The second-order valence-electron chi connectivity index (χ2n) is 8.64. The van der Waals surface area contributed by atoms with E-state index in [2.05, 4.69) is 37.4 Å². The number of hydrogen-bond acceptors (Lipinski definition) is 9. The van der Waals surface area contributed by atoms with Crippen molar-refractivity contribution in [2.75, 3.05) is 56.4 Å². The molecule has 0 unspecified atom stereocenters. The molecule has 0 saturated carbocycles. The van der Waals surface area contributed by atoms with Gasteiger partial charge in [0.25, 0.3) is 0 Å². The van der Waals surface area contributed by atoms with Gasteiger partial charge in [-0.05, 0) is 44.1 Å². The molecule has 1 aliphatic heterocycles. The fourth-order valence-corrected chi connectivity index (χ4v) is 4.58. The Bertz CT molecular complexity index is 1330. The number of nitrogens with zero attached hydrogens (tertiary/aromatic N) is 3. The summed E-state index contributed by atoms with van der Waals surface area (Å²) in [7, 11) is 3.08. The van der Waals surface area contributed by atoms with Crippen LogP contribution in [0.2, 0.25) is 10.0 Å². The van der Waals surface area contributed by atoms with Gasteiger partial charge in [0.05, 0.1) is 41.3 Å². The first kappa shape index (κ1) is 28.3. The molecule has 3 N–H and O–H groups in total. The van der Waals surface area contributed by atoms with Crippen LogP contribution >= 0.6 is 23.2 Å². The number of amides is 1. The summed E-state index contributed by atoms with van der Waals surface area (Å²) in [5, 5.41) is 9.97. The number of benzene rings is 2. The topological polar surface area (TPSA) is 110 Å². The smallest absolute Gasteiger partial charge is 0.247 e. The van der Waals surface area contributed by atoms with Crippen molar-refractivity contribution in [1.82, 2.24) is 14.9 Å². The van der Waals surface area contributed by atoms with Gasteiger partial charge in [0.2, 0.25) is 5.91 Å². The zero-order valence-corrected chi connectivity index (χ0v) is 23.2. The number of likely N-dealkylation sites (tertiary alicyclic amines) is 1. The zero-order chi connectivity index (χ0) is 27.8. The van der Waals surface area contributed by atoms with Crippen LogP contribution in [0.4, 0.5) is 28.7 Å². The van der Waals surface area contributed by atoms with Gasteiger partial charge in [-0.25, -0.2) is 9.97 Å². The number of aromatic nitrogens is 2. The predicted molar refractivity (Wildman–Crippen MR) is 155 cm³/mol. The van der Waals surface area contributed by atoms with Gasteiger partial charge in [0, 0.05) is 24.7 Å². The highest BCUT2D eigenvalue weighted by atomic mass is 35.5. The molecule has 0 bridgehead atoms. The number of ether oxygens (including phenoxy) is 3. The van der Waals surface area contributed by atoms with E-state index < -0.39 is 0 Å². The molecule has 3 aromatic rings. The number of hydrogen-bond donors (Lipinski definition) is 3. The summed E-state index contributed by atoms with van der Waals surface area (Å²) in [5.41, 5.74) is 1.58. The molecule has 1 fully saturated rings. The summed E-state index contributed by atoms with van der Waals surface area (Å²) in [4.78, 5) is 23.1. The van der Waals surface area contributed by atoms with Gasteiger partial charge in [0.15, 0.2) is 0 Å². The molecule has 0 atom stereocenters. The van der Waals surface area contributed by atoms with Crippen LogP contribution in [-0.4, -0.2) is 61.2 Å². The summed E-state index contributed by atoms with van der Waals surface area (Å²) in [6.07, 6.45) is 5.01. The van der Waals surface area contributed by atoms with E-state index in [0.29, 0.717) is 62.6 Å². The monoisotopic (exact) mass is 572 g/mol. The molecule has 206 valence electrons. The molecular weight excluding hydrogens is 543 g/mol. The largest absolute Gasteiger partial charge is 0.495 e. The number of carbonyl (C=O) groups is 1. The van der Waals surface area contributed by atoms with Crippen LogP contribution in [0.1, 0.15) is 12.8 Å². The molecule has 1 saturated heterocycles.